The van der Waals surface area contributed by atoms with Crippen LogP contribution in [0.3, 0.4) is 0 Å². The van der Waals surface area contributed by atoms with Gasteiger partial charge in [0.25, 0.3) is 0 Å². The molecular weight excluding hydrogens is 301 g/mol. The summed E-state index contributed by atoms with van der Waals surface area (Å²) in [5.74, 6) is 0.297. The molecule has 2 N–H and O–H groups in total. The summed E-state index contributed by atoms with van der Waals surface area (Å²) >= 11 is 12.0. The molecule has 0 unspecified atom stereocenters. The van der Waals surface area contributed by atoms with Gasteiger partial charge in [-0.3, -0.25) is 4.79 Å². The van der Waals surface area contributed by atoms with E-state index in [1.807, 2.05) is 0 Å². The number of anilines is 1. The Morgan fingerprint density at radius 2 is 1.85 bits per heavy atom. The van der Waals surface area contributed by atoms with Gasteiger partial charge in [-0.05, 0) is 38.3 Å². The van der Waals surface area contributed by atoms with Gasteiger partial charge in [-0.15, -0.1) is 0 Å². The molecule has 0 amide bonds. The fourth-order valence-corrected chi connectivity index (χ4v) is 2.29. The average molecular weight is 320 g/mol. The number of halogens is 2. The van der Waals surface area contributed by atoms with Crippen LogP contribution in [-0.4, -0.2) is 19.2 Å². The molecule has 0 radical (unpaired) electrons. The van der Waals surface area contributed by atoms with Crippen molar-refractivity contribution in [3.8, 4) is 5.75 Å². The van der Waals surface area contributed by atoms with Gasteiger partial charge in [0.15, 0.2) is 5.75 Å². The Morgan fingerprint density at radius 1 is 1.20 bits per heavy atom. The van der Waals surface area contributed by atoms with E-state index in [4.69, 9.17) is 38.4 Å². The highest BCUT2D eigenvalue weighted by atomic mass is 35.5. The molecule has 0 saturated heterocycles. The molecule has 112 valence electrons. The van der Waals surface area contributed by atoms with Gasteiger partial charge in [0.1, 0.15) is 0 Å². The summed E-state index contributed by atoms with van der Waals surface area (Å²) in [4.78, 5) is 11.1. The molecule has 0 bridgehead atoms. The molecule has 0 aromatic heterocycles. The quantitative estimate of drug-likeness (QED) is 0.445. The van der Waals surface area contributed by atoms with Crippen molar-refractivity contribution < 1.29 is 14.3 Å². The maximum absolute atomic E-state index is 11.1. The van der Waals surface area contributed by atoms with Crippen LogP contribution < -0.4 is 10.5 Å². The molecule has 1 aromatic carbocycles. The molecular formula is C14H19Cl2NO3. The highest BCUT2D eigenvalue weighted by Gasteiger charge is 2.08. The maximum atomic E-state index is 11.1. The zero-order chi connectivity index (χ0) is 15.0. The maximum Gasteiger partial charge on any atom is 0.305 e. The van der Waals surface area contributed by atoms with Crippen LogP contribution in [0.1, 0.15) is 32.6 Å². The fourth-order valence-electron chi connectivity index (χ4n) is 1.67. The van der Waals surface area contributed by atoms with E-state index in [1.165, 1.54) is 0 Å². The molecule has 0 aliphatic rings. The number of esters is 1. The Balaban J connectivity index is 2.23. The van der Waals surface area contributed by atoms with Crippen molar-refractivity contribution in [2.45, 2.75) is 32.6 Å². The van der Waals surface area contributed by atoms with E-state index in [0.29, 0.717) is 41.1 Å². The summed E-state index contributed by atoms with van der Waals surface area (Å²) in [5.41, 5.74) is 6.11. The summed E-state index contributed by atoms with van der Waals surface area (Å²) in [5, 5.41) is 0.808. The van der Waals surface area contributed by atoms with Crippen LogP contribution >= 0.6 is 23.2 Å². The molecule has 0 spiro atoms. The van der Waals surface area contributed by atoms with E-state index in [9.17, 15) is 4.79 Å². The molecule has 6 heteroatoms. The van der Waals surface area contributed by atoms with Gasteiger partial charge in [0.05, 0.1) is 23.3 Å². The van der Waals surface area contributed by atoms with E-state index < -0.39 is 0 Å². The first-order valence-corrected chi connectivity index (χ1v) is 7.33. The van der Waals surface area contributed by atoms with Gasteiger partial charge in [-0.1, -0.05) is 23.2 Å². The molecule has 20 heavy (non-hydrogen) atoms. The van der Waals surface area contributed by atoms with E-state index in [2.05, 4.69) is 0 Å². The van der Waals surface area contributed by atoms with E-state index >= 15 is 0 Å². The summed E-state index contributed by atoms with van der Waals surface area (Å²) in [6.07, 6.45) is 2.92. The number of hydrogen-bond donors (Lipinski definition) is 1. The summed E-state index contributed by atoms with van der Waals surface area (Å²) in [6.45, 7) is 2.72. The summed E-state index contributed by atoms with van der Waals surface area (Å²) in [6, 6.07) is 3.20. The van der Waals surface area contributed by atoms with Crippen LogP contribution in [0, 0.1) is 0 Å². The summed E-state index contributed by atoms with van der Waals surface area (Å²) < 4.78 is 10.4. The van der Waals surface area contributed by atoms with E-state index in [0.717, 1.165) is 19.3 Å². The van der Waals surface area contributed by atoms with Gasteiger partial charge < -0.3 is 15.2 Å². The average Bonchev–Trinajstić information content (AvgIpc) is 2.36. The minimum absolute atomic E-state index is 0.155. The monoisotopic (exact) mass is 319 g/mol. The SMILES string of the molecule is CCOC(=O)CCCCCOc1c(Cl)cc(N)cc1Cl. The van der Waals surface area contributed by atoms with Crippen LogP contribution in [0.4, 0.5) is 5.69 Å². The van der Waals surface area contributed by atoms with Crippen molar-refractivity contribution in [2.75, 3.05) is 18.9 Å². The Hall–Kier alpha value is -1.13. The highest BCUT2D eigenvalue weighted by Crippen LogP contribution is 2.35. The number of nitrogen functional groups attached to an aromatic ring is 1. The zero-order valence-electron chi connectivity index (χ0n) is 11.5. The smallest absolute Gasteiger partial charge is 0.305 e. The predicted molar refractivity (Wildman–Crippen MR) is 81.5 cm³/mol. The summed E-state index contributed by atoms with van der Waals surface area (Å²) in [7, 11) is 0. The van der Waals surface area contributed by atoms with Crippen LogP contribution in [0.2, 0.25) is 10.0 Å². The third kappa shape index (κ3) is 5.88. The Morgan fingerprint density at radius 3 is 2.45 bits per heavy atom. The minimum atomic E-state index is -0.155. The van der Waals surface area contributed by atoms with Gasteiger partial charge in [-0.2, -0.15) is 0 Å². The van der Waals surface area contributed by atoms with Gasteiger partial charge in [0, 0.05) is 12.1 Å². The first kappa shape index (κ1) is 16.9. The molecule has 0 aliphatic carbocycles. The van der Waals surface area contributed by atoms with Crippen LogP contribution in [0.25, 0.3) is 0 Å². The lowest BCUT2D eigenvalue weighted by atomic mass is 10.2. The van der Waals surface area contributed by atoms with Crippen LogP contribution in [0.15, 0.2) is 12.1 Å². The molecule has 0 atom stereocenters. The van der Waals surface area contributed by atoms with Gasteiger partial charge in [0.2, 0.25) is 0 Å². The number of hydrogen-bond acceptors (Lipinski definition) is 4. The highest BCUT2D eigenvalue weighted by molar-refractivity contribution is 6.37. The normalized spacial score (nSPS) is 10.3. The number of carbonyl (C=O) groups excluding carboxylic acids is 1. The van der Waals surface area contributed by atoms with E-state index in [1.54, 1.807) is 19.1 Å². The van der Waals surface area contributed by atoms with E-state index in [-0.39, 0.29) is 5.97 Å². The Labute approximate surface area is 129 Å². The first-order chi connectivity index (χ1) is 9.54. The van der Waals surface area contributed by atoms with Crippen molar-refractivity contribution in [3.63, 3.8) is 0 Å². The molecule has 1 rings (SSSR count). The van der Waals surface area contributed by atoms with Crippen molar-refractivity contribution in [3.05, 3.63) is 22.2 Å². The predicted octanol–water partition coefficient (Wildman–Crippen LogP) is 4.08. The van der Waals surface area contributed by atoms with Crippen molar-refractivity contribution >= 4 is 34.9 Å². The largest absolute Gasteiger partial charge is 0.490 e. The number of rotatable bonds is 8. The molecule has 0 fully saturated rings. The minimum Gasteiger partial charge on any atom is -0.490 e. The van der Waals surface area contributed by atoms with Crippen LogP contribution in [-0.2, 0) is 9.53 Å². The number of nitrogens with two attached hydrogens (primary N) is 1. The zero-order valence-corrected chi connectivity index (χ0v) is 13.0. The standard InChI is InChI=1S/C14H19Cl2NO3/c1-2-19-13(18)6-4-3-5-7-20-14-11(15)8-10(17)9-12(14)16/h8-9H,2-7,17H2,1H3. The van der Waals surface area contributed by atoms with Crippen molar-refractivity contribution in [1.82, 2.24) is 0 Å². The van der Waals surface area contributed by atoms with Crippen LogP contribution in [0.5, 0.6) is 5.75 Å². The lowest BCUT2D eigenvalue weighted by molar-refractivity contribution is -0.143. The Bertz CT molecular complexity index is 429. The lowest BCUT2D eigenvalue weighted by Crippen LogP contribution is -2.04. The topological polar surface area (TPSA) is 61.5 Å². The number of benzene rings is 1. The number of carbonyl (C=O) groups is 1. The third-order valence-corrected chi connectivity index (χ3v) is 3.16. The number of unbranched alkanes of at least 4 members (excludes halogenated alkanes) is 2. The molecule has 4 nitrogen and oxygen atoms in total. The molecule has 0 heterocycles. The van der Waals surface area contributed by atoms with Gasteiger partial charge in [-0.25, -0.2) is 0 Å². The second kappa shape index (κ2) is 8.93. The van der Waals surface area contributed by atoms with Crippen molar-refractivity contribution in [1.29, 1.82) is 0 Å². The third-order valence-electron chi connectivity index (χ3n) is 2.60. The number of ether oxygens (including phenoxy) is 2. The second-order valence-corrected chi connectivity index (χ2v) is 5.09. The van der Waals surface area contributed by atoms with Gasteiger partial charge >= 0.3 is 5.97 Å². The molecule has 1 aromatic rings. The lowest BCUT2D eigenvalue weighted by Gasteiger charge is -2.10. The molecule has 0 aliphatic heterocycles. The second-order valence-electron chi connectivity index (χ2n) is 4.28. The Kier molecular flexibility index (Phi) is 7.55. The molecule has 0 saturated carbocycles. The first-order valence-electron chi connectivity index (χ1n) is 6.57. The van der Waals surface area contributed by atoms with Crippen molar-refractivity contribution in [2.24, 2.45) is 0 Å². The fraction of sp³-hybridized carbons (Fsp3) is 0.500.